The van der Waals surface area contributed by atoms with E-state index in [2.05, 4.69) is 20.4 Å². The normalized spacial score (nSPS) is 19.7. The van der Waals surface area contributed by atoms with Crippen molar-refractivity contribution < 1.29 is 9.47 Å². The van der Waals surface area contributed by atoms with E-state index in [0.29, 0.717) is 25.8 Å². The van der Waals surface area contributed by atoms with Crippen LogP contribution in [0.2, 0.25) is 0 Å². The molecular weight excluding hydrogens is 412 g/mol. The summed E-state index contributed by atoms with van der Waals surface area (Å²) in [5.74, 6) is 1.99. The van der Waals surface area contributed by atoms with Crippen LogP contribution in [-0.4, -0.2) is 85.5 Å². The van der Waals surface area contributed by atoms with Gasteiger partial charge in [-0.1, -0.05) is 0 Å². The van der Waals surface area contributed by atoms with Crippen LogP contribution in [0.3, 0.4) is 0 Å². The molecule has 1 atom stereocenters. The van der Waals surface area contributed by atoms with Crippen molar-refractivity contribution in [2.24, 2.45) is 7.05 Å². The van der Waals surface area contributed by atoms with Crippen molar-refractivity contribution in [1.82, 2.24) is 44.8 Å². The summed E-state index contributed by atoms with van der Waals surface area (Å²) in [4.78, 5) is 16.8. The minimum atomic E-state index is -0.0737. The van der Waals surface area contributed by atoms with Gasteiger partial charge in [0.15, 0.2) is 22.8 Å². The summed E-state index contributed by atoms with van der Waals surface area (Å²) in [7, 11) is 1.94. The van der Waals surface area contributed by atoms with Crippen LogP contribution >= 0.6 is 0 Å². The minimum absolute atomic E-state index is 0.0737. The van der Waals surface area contributed by atoms with Gasteiger partial charge in [-0.3, -0.25) is 5.10 Å². The molecule has 12 heteroatoms. The zero-order valence-corrected chi connectivity index (χ0v) is 17.7. The van der Waals surface area contributed by atoms with Crippen LogP contribution in [0.4, 0.5) is 5.82 Å². The molecule has 2 saturated heterocycles. The van der Waals surface area contributed by atoms with Gasteiger partial charge in [-0.25, -0.2) is 9.67 Å². The van der Waals surface area contributed by atoms with E-state index in [0.717, 1.165) is 60.4 Å². The molecule has 2 aliphatic heterocycles. The van der Waals surface area contributed by atoms with Crippen LogP contribution < -0.4 is 10.2 Å². The summed E-state index contributed by atoms with van der Waals surface area (Å²) in [5.41, 5.74) is 3.07. The molecule has 0 spiro atoms. The molecule has 166 valence electrons. The molecule has 6 rings (SSSR count). The maximum Gasteiger partial charge on any atom is 0.254 e. The van der Waals surface area contributed by atoms with Crippen LogP contribution in [0.5, 0.6) is 0 Å². The lowest BCUT2D eigenvalue weighted by atomic mass is 10.2. The summed E-state index contributed by atoms with van der Waals surface area (Å²) in [6.45, 7) is 5.06. The Balaban J connectivity index is 1.47. The molecule has 0 amide bonds. The van der Waals surface area contributed by atoms with Gasteiger partial charge in [0.25, 0.3) is 5.95 Å². The van der Waals surface area contributed by atoms with Crippen LogP contribution in [-0.2, 0) is 16.5 Å². The van der Waals surface area contributed by atoms with Crippen molar-refractivity contribution in [3.8, 4) is 17.5 Å². The van der Waals surface area contributed by atoms with Crippen molar-refractivity contribution in [2.45, 2.75) is 6.10 Å². The summed E-state index contributed by atoms with van der Waals surface area (Å²) in [6, 6.07) is 3.85. The Morgan fingerprint density at radius 2 is 2.00 bits per heavy atom. The number of nitrogens with one attached hydrogen (secondary N) is 2. The topological polar surface area (TPSA) is 124 Å². The molecule has 4 aromatic heterocycles. The third-order valence-corrected chi connectivity index (χ3v) is 5.80. The van der Waals surface area contributed by atoms with Crippen LogP contribution in [0.25, 0.3) is 28.6 Å². The number of hydrogen-bond acceptors (Lipinski definition) is 9. The monoisotopic (exact) mass is 436 g/mol. The zero-order valence-electron chi connectivity index (χ0n) is 17.7. The van der Waals surface area contributed by atoms with Crippen molar-refractivity contribution >= 4 is 17.0 Å². The number of H-pyrrole nitrogens is 1. The Kier molecular flexibility index (Phi) is 4.82. The fourth-order valence-electron chi connectivity index (χ4n) is 4.12. The number of ether oxygens (including phenoxy) is 2. The number of aryl methyl sites for hydroxylation is 1. The molecule has 0 radical (unpaired) electrons. The maximum atomic E-state index is 5.84. The SMILES string of the molecule is Cn1c(-c2cc[nH]n2)nc2c(N3CCOCC3)nc(-n3ccc(C4CNCCO4)n3)nc21. The van der Waals surface area contributed by atoms with Crippen molar-refractivity contribution in [3.05, 3.63) is 30.2 Å². The van der Waals surface area contributed by atoms with E-state index in [9.17, 15) is 0 Å². The van der Waals surface area contributed by atoms with Gasteiger partial charge in [0.1, 0.15) is 11.8 Å². The highest BCUT2D eigenvalue weighted by molar-refractivity contribution is 5.87. The third kappa shape index (κ3) is 3.32. The first-order valence-electron chi connectivity index (χ1n) is 10.7. The third-order valence-electron chi connectivity index (χ3n) is 5.80. The fraction of sp³-hybridized carbons (Fsp3) is 0.450. The second-order valence-electron chi connectivity index (χ2n) is 7.82. The first-order valence-corrected chi connectivity index (χ1v) is 10.7. The lowest BCUT2D eigenvalue weighted by Crippen LogP contribution is -2.37. The molecule has 0 aliphatic carbocycles. The zero-order chi connectivity index (χ0) is 21.5. The summed E-state index contributed by atoms with van der Waals surface area (Å²) in [5, 5.41) is 15.2. The molecule has 2 aliphatic rings. The number of aromatic nitrogens is 8. The van der Waals surface area contributed by atoms with Gasteiger partial charge >= 0.3 is 0 Å². The van der Waals surface area contributed by atoms with E-state index >= 15 is 0 Å². The molecule has 1 unspecified atom stereocenters. The molecule has 32 heavy (non-hydrogen) atoms. The highest BCUT2D eigenvalue weighted by Gasteiger charge is 2.24. The van der Waals surface area contributed by atoms with Gasteiger partial charge in [-0.2, -0.15) is 20.2 Å². The van der Waals surface area contributed by atoms with E-state index < -0.39 is 0 Å². The summed E-state index contributed by atoms with van der Waals surface area (Å²) in [6.07, 6.45) is 3.58. The number of anilines is 1. The number of aromatic amines is 1. The van der Waals surface area contributed by atoms with Gasteiger partial charge in [0, 0.05) is 45.6 Å². The predicted molar refractivity (Wildman–Crippen MR) is 116 cm³/mol. The minimum Gasteiger partial charge on any atom is -0.378 e. The van der Waals surface area contributed by atoms with Crippen LogP contribution in [0.1, 0.15) is 11.8 Å². The number of rotatable bonds is 4. The van der Waals surface area contributed by atoms with Crippen molar-refractivity contribution in [3.63, 3.8) is 0 Å². The molecule has 0 aromatic carbocycles. The Morgan fingerprint density at radius 3 is 2.78 bits per heavy atom. The lowest BCUT2D eigenvalue weighted by molar-refractivity contribution is 0.0248. The Labute approximate surface area is 183 Å². The molecule has 0 bridgehead atoms. The standard InChI is InChI=1S/C20H24N10O2/c1-28-17(14-2-4-22-26-14)23-16-18(28)24-20(25-19(16)29-7-10-31-11-8-29)30-6-3-13(27-30)15-12-21-5-9-32-15/h2-4,6,15,21H,5,7-12H2,1H3,(H,22,26). The van der Waals surface area contributed by atoms with Crippen LogP contribution in [0, 0.1) is 0 Å². The van der Waals surface area contributed by atoms with Crippen molar-refractivity contribution in [1.29, 1.82) is 0 Å². The molecule has 4 aromatic rings. The van der Waals surface area contributed by atoms with Gasteiger partial charge in [-0.05, 0) is 12.1 Å². The van der Waals surface area contributed by atoms with E-state index in [1.54, 1.807) is 10.9 Å². The highest BCUT2D eigenvalue weighted by atomic mass is 16.5. The highest BCUT2D eigenvalue weighted by Crippen LogP contribution is 2.29. The fourth-order valence-corrected chi connectivity index (χ4v) is 4.12. The van der Waals surface area contributed by atoms with Gasteiger partial charge in [-0.15, -0.1) is 0 Å². The Hall–Kier alpha value is -3.35. The lowest BCUT2D eigenvalue weighted by Gasteiger charge is -2.28. The molecule has 0 saturated carbocycles. The van der Waals surface area contributed by atoms with E-state index in [1.807, 2.05) is 29.9 Å². The number of nitrogens with zero attached hydrogens (tertiary/aromatic N) is 8. The molecule has 6 heterocycles. The number of fused-ring (bicyclic) bond motifs is 1. The average molecular weight is 436 g/mol. The largest absolute Gasteiger partial charge is 0.378 e. The second-order valence-corrected chi connectivity index (χ2v) is 7.82. The smallest absolute Gasteiger partial charge is 0.254 e. The second kappa shape index (κ2) is 7.97. The summed E-state index contributed by atoms with van der Waals surface area (Å²) >= 11 is 0. The van der Waals surface area contributed by atoms with E-state index in [4.69, 9.17) is 29.5 Å². The molecule has 2 N–H and O–H groups in total. The average Bonchev–Trinajstić information content (AvgIpc) is 3.61. The summed E-state index contributed by atoms with van der Waals surface area (Å²) < 4.78 is 15.0. The first-order chi connectivity index (χ1) is 15.8. The maximum absolute atomic E-state index is 5.84. The molecule has 12 nitrogen and oxygen atoms in total. The molecule has 2 fully saturated rings. The van der Waals surface area contributed by atoms with Gasteiger partial charge in [0.05, 0.1) is 25.5 Å². The predicted octanol–water partition coefficient (Wildman–Crippen LogP) is 0.437. The van der Waals surface area contributed by atoms with Crippen molar-refractivity contribution in [2.75, 3.05) is 50.9 Å². The van der Waals surface area contributed by atoms with Gasteiger partial charge < -0.3 is 24.3 Å². The quantitative estimate of drug-likeness (QED) is 0.469. The number of morpholine rings is 2. The van der Waals surface area contributed by atoms with Gasteiger partial charge in [0.2, 0.25) is 0 Å². The van der Waals surface area contributed by atoms with E-state index in [1.165, 1.54) is 0 Å². The molecular formula is C20H24N10O2. The Bertz CT molecular complexity index is 1220. The van der Waals surface area contributed by atoms with Crippen LogP contribution in [0.15, 0.2) is 24.5 Å². The first kappa shape index (κ1) is 19.3. The Morgan fingerprint density at radius 1 is 1.09 bits per heavy atom. The van der Waals surface area contributed by atoms with E-state index in [-0.39, 0.29) is 6.10 Å². The number of hydrogen-bond donors (Lipinski definition) is 2. The number of imidazole rings is 1.